The summed E-state index contributed by atoms with van der Waals surface area (Å²) < 4.78 is 5.97. The summed E-state index contributed by atoms with van der Waals surface area (Å²) in [6.45, 7) is 0. The van der Waals surface area contributed by atoms with E-state index in [1.165, 1.54) is 7.11 Å². The van der Waals surface area contributed by atoms with Crippen molar-refractivity contribution < 1.29 is 9.53 Å². The average Bonchev–Trinajstić information content (AvgIpc) is 2.42. The molecule has 0 fully saturated rings. The van der Waals surface area contributed by atoms with Gasteiger partial charge in [0.2, 0.25) is 0 Å². The maximum atomic E-state index is 12.3. The molecule has 0 saturated carbocycles. The van der Waals surface area contributed by atoms with Crippen molar-refractivity contribution in [2.24, 2.45) is 0 Å². The molecule has 1 amide bonds. The number of halogens is 2. The van der Waals surface area contributed by atoms with Crippen molar-refractivity contribution >= 4 is 44.8 Å². The maximum absolute atomic E-state index is 12.3. The Morgan fingerprint density at radius 1 is 1.35 bits per heavy atom. The van der Waals surface area contributed by atoms with Gasteiger partial charge >= 0.3 is 0 Å². The van der Waals surface area contributed by atoms with Crippen molar-refractivity contribution in [3.8, 4) is 5.75 Å². The first-order valence-corrected chi connectivity index (χ1v) is 6.89. The van der Waals surface area contributed by atoms with Gasteiger partial charge in [0.25, 0.3) is 5.91 Å². The van der Waals surface area contributed by atoms with E-state index in [2.05, 4.69) is 21.2 Å². The summed E-state index contributed by atoms with van der Waals surface area (Å²) in [7, 11) is 1.48. The summed E-state index contributed by atoms with van der Waals surface area (Å²) in [5.41, 5.74) is 6.96. The van der Waals surface area contributed by atoms with Crippen LogP contribution >= 0.6 is 27.5 Å². The van der Waals surface area contributed by atoms with Crippen molar-refractivity contribution in [3.63, 3.8) is 0 Å². The normalized spacial score (nSPS) is 10.2. The van der Waals surface area contributed by atoms with Crippen LogP contribution in [0.2, 0.25) is 5.02 Å². The minimum atomic E-state index is -0.375. The van der Waals surface area contributed by atoms with Crippen molar-refractivity contribution in [1.29, 1.82) is 0 Å². The number of ether oxygens (including phenoxy) is 1. The van der Waals surface area contributed by atoms with Crippen LogP contribution in [0.1, 0.15) is 10.4 Å². The molecule has 4 nitrogen and oxygen atoms in total. The van der Waals surface area contributed by atoms with E-state index in [0.29, 0.717) is 22.1 Å². The van der Waals surface area contributed by atoms with E-state index >= 15 is 0 Å². The Kier molecular flexibility index (Phi) is 4.52. The molecule has 0 bridgehead atoms. The minimum absolute atomic E-state index is 0.283. The van der Waals surface area contributed by atoms with E-state index in [4.69, 9.17) is 22.1 Å². The third-order valence-electron chi connectivity index (χ3n) is 2.68. The molecule has 0 atom stereocenters. The second-order valence-corrected chi connectivity index (χ2v) is 5.33. The van der Waals surface area contributed by atoms with Gasteiger partial charge in [0.05, 0.1) is 17.8 Å². The highest BCUT2D eigenvalue weighted by Crippen LogP contribution is 2.29. The standard InChI is InChI=1S/C14H12BrClN2O2/c1-20-12-4-2-3-10(17)13(12)14(19)18-11-7-8(15)5-6-9(11)16/h2-7H,17H2,1H3,(H,18,19). The lowest BCUT2D eigenvalue weighted by Gasteiger charge is -2.12. The van der Waals surface area contributed by atoms with Crippen molar-refractivity contribution in [1.82, 2.24) is 0 Å². The third-order valence-corrected chi connectivity index (χ3v) is 3.50. The van der Waals surface area contributed by atoms with Crippen molar-refractivity contribution in [2.45, 2.75) is 0 Å². The summed E-state index contributed by atoms with van der Waals surface area (Å²) in [6, 6.07) is 10.2. The number of rotatable bonds is 3. The van der Waals surface area contributed by atoms with Crippen LogP contribution in [0.3, 0.4) is 0 Å². The van der Waals surface area contributed by atoms with E-state index in [9.17, 15) is 4.79 Å². The van der Waals surface area contributed by atoms with Gasteiger partial charge in [-0.3, -0.25) is 4.79 Å². The first kappa shape index (κ1) is 14.7. The van der Waals surface area contributed by atoms with Gasteiger partial charge in [-0.15, -0.1) is 0 Å². The molecule has 0 saturated heterocycles. The average molecular weight is 356 g/mol. The molecule has 0 unspecified atom stereocenters. The molecule has 2 rings (SSSR count). The van der Waals surface area contributed by atoms with Gasteiger partial charge in [-0.25, -0.2) is 0 Å². The Morgan fingerprint density at radius 2 is 2.10 bits per heavy atom. The van der Waals surface area contributed by atoms with Crippen molar-refractivity contribution in [2.75, 3.05) is 18.2 Å². The number of hydrogen-bond donors (Lipinski definition) is 2. The fourth-order valence-electron chi connectivity index (χ4n) is 1.74. The minimum Gasteiger partial charge on any atom is -0.496 e. The molecule has 0 heterocycles. The smallest absolute Gasteiger partial charge is 0.261 e. The lowest BCUT2D eigenvalue weighted by molar-refractivity contribution is 0.102. The molecule has 0 spiro atoms. The number of hydrogen-bond acceptors (Lipinski definition) is 3. The van der Waals surface area contributed by atoms with E-state index in [1.807, 2.05) is 0 Å². The molecule has 0 aliphatic carbocycles. The summed E-state index contributed by atoms with van der Waals surface area (Å²) in [5.74, 6) is 0.0357. The largest absolute Gasteiger partial charge is 0.496 e. The quantitative estimate of drug-likeness (QED) is 0.820. The molecular formula is C14H12BrClN2O2. The molecule has 6 heteroatoms. The first-order chi connectivity index (χ1) is 9.52. The molecule has 0 aliphatic heterocycles. The predicted molar refractivity (Wildman–Crippen MR) is 84.5 cm³/mol. The molecule has 0 radical (unpaired) electrons. The predicted octanol–water partition coefficient (Wildman–Crippen LogP) is 3.95. The van der Waals surface area contributed by atoms with Crippen LogP contribution in [-0.4, -0.2) is 13.0 Å². The fourth-order valence-corrected chi connectivity index (χ4v) is 2.27. The highest BCUT2D eigenvalue weighted by molar-refractivity contribution is 9.10. The molecule has 0 aliphatic rings. The van der Waals surface area contributed by atoms with E-state index in [-0.39, 0.29) is 11.5 Å². The lowest BCUT2D eigenvalue weighted by Crippen LogP contribution is -2.15. The Hall–Kier alpha value is -1.72. The maximum Gasteiger partial charge on any atom is 0.261 e. The zero-order valence-electron chi connectivity index (χ0n) is 10.6. The van der Waals surface area contributed by atoms with E-state index < -0.39 is 0 Å². The first-order valence-electron chi connectivity index (χ1n) is 5.72. The van der Waals surface area contributed by atoms with Gasteiger partial charge in [0.1, 0.15) is 11.3 Å². The molecule has 20 heavy (non-hydrogen) atoms. The zero-order valence-corrected chi connectivity index (χ0v) is 13.0. The summed E-state index contributed by atoms with van der Waals surface area (Å²) >= 11 is 9.37. The third kappa shape index (κ3) is 3.05. The van der Waals surface area contributed by atoms with Crippen LogP contribution in [-0.2, 0) is 0 Å². The Morgan fingerprint density at radius 3 is 2.80 bits per heavy atom. The number of carbonyl (C=O) groups excluding carboxylic acids is 1. The summed E-state index contributed by atoms with van der Waals surface area (Å²) in [4.78, 5) is 12.3. The monoisotopic (exact) mass is 354 g/mol. The second kappa shape index (κ2) is 6.15. The molecular weight excluding hydrogens is 344 g/mol. The van der Waals surface area contributed by atoms with Crippen LogP contribution < -0.4 is 15.8 Å². The van der Waals surface area contributed by atoms with Crippen LogP contribution in [0.25, 0.3) is 0 Å². The lowest BCUT2D eigenvalue weighted by atomic mass is 10.1. The van der Waals surface area contributed by atoms with Crippen LogP contribution in [0, 0.1) is 0 Å². The Bertz CT molecular complexity index is 662. The topological polar surface area (TPSA) is 64.3 Å². The second-order valence-electron chi connectivity index (χ2n) is 4.00. The number of carbonyl (C=O) groups is 1. The highest BCUT2D eigenvalue weighted by Gasteiger charge is 2.17. The number of nitrogens with one attached hydrogen (secondary N) is 1. The summed E-state index contributed by atoms with van der Waals surface area (Å²) in [5, 5.41) is 3.16. The number of methoxy groups -OCH3 is 1. The highest BCUT2D eigenvalue weighted by atomic mass is 79.9. The molecule has 104 valence electrons. The summed E-state index contributed by atoms with van der Waals surface area (Å²) in [6.07, 6.45) is 0. The number of nitrogen functional groups attached to an aromatic ring is 1. The zero-order chi connectivity index (χ0) is 14.7. The van der Waals surface area contributed by atoms with Crippen LogP contribution in [0.15, 0.2) is 40.9 Å². The fraction of sp³-hybridized carbons (Fsp3) is 0.0714. The molecule has 2 aromatic carbocycles. The van der Waals surface area contributed by atoms with Gasteiger partial charge in [-0.05, 0) is 30.3 Å². The number of anilines is 2. The van der Waals surface area contributed by atoms with Gasteiger partial charge < -0.3 is 15.8 Å². The van der Waals surface area contributed by atoms with E-state index in [1.54, 1.807) is 36.4 Å². The van der Waals surface area contributed by atoms with Crippen molar-refractivity contribution in [3.05, 3.63) is 51.5 Å². The van der Waals surface area contributed by atoms with Gasteiger partial charge in [-0.2, -0.15) is 0 Å². The van der Waals surface area contributed by atoms with E-state index in [0.717, 1.165) is 4.47 Å². The van der Waals surface area contributed by atoms with Gasteiger partial charge in [-0.1, -0.05) is 33.6 Å². The number of amides is 1. The van der Waals surface area contributed by atoms with Crippen LogP contribution in [0.5, 0.6) is 5.75 Å². The molecule has 2 aromatic rings. The van der Waals surface area contributed by atoms with Gasteiger partial charge in [0.15, 0.2) is 0 Å². The molecule has 0 aromatic heterocycles. The SMILES string of the molecule is COc1cccc(N)c1C(=O)Nc1cc(Br)ccc1Cl. The Labute approximate surface area is 130 Å². The van der Waals surface area contributed by atoms with Gasteiger partial charge in [0, 0.05) is 10.2 Å². The van der Waals surface area contributed by atoms with Crippen LogP contribution in [0.4, 0.5) is 11.4 Å². The Balaban J connectivity index is 2.36. The number of nitrogens with two attached hydrogens (primary N) is 1. The number of benzene rings is 2. The molecule has 3 N–H and O–H groups in total.